The molecule has 0 aliphatic carbocycles. The van der Waals surface area contributed by atoms with Crippen LogP contribution in [0.4, 0.5) is 5.69 Å². The number of rotatable bonds is 7. The second-order valence-electron chi connectivity index (χ2n) is 5.76. The Morgan fingerprint density at radius 1 is 1.21 bits per heavy atom. The van der Waals surface area contributed by atoms with Gasteiger partial charge in [-0.15, -0.1) is 0 Å². The van der Waals surface area contributed by atoms with E-state index in [9.17, 15) is 9.59 Å². The molecule has 0 aliphatic heterocycles. The quantitative estimate of drug-likeness (QED) is 0.481. The fourth-order valence-corrected chi connectivity index (χ4v) is 3.48. The molecule has 0 unspecified atom stereocenters. The van der Waals surface area contributed by atoms with Gasteiger partial charge >= 0.3 is 0 Å². The van der Waals surface area contributed by atoms with Crippen molar-refractivity contribution in [3.8, 4) is 11.5 Å². The van der Waals surface area contributed by atoms with Gasteiger partial charge in [0.25, 0.3) is 5.56 Å². The number of nitrogens with one attached hydrogen (secondary N) is 1. The van der Waals surface area contributed by atoms with Gasteiger partial charge in [0.1, 0.15) is 11.5 Å². The standard InChI is InChI=1S/C19H20N4O4S/c1-4-23-18(25)15-6-5-7-20-17(15)22-19(23)28-11-16(24)21-12-8-13(26-2)10-14(9-12)27-3/h5-10H,4,11H2,1-3H3,(H,21,24). The zero-order valence-electron chi connectivity index (χ0n) is 15.8. The first-order valence-electron chi connectivity index (χ1n) is 8.57. The summed E-state index contributed by atoms with van der Waals surface area (Å²) in [5.74, 6) is 0.997. The number of ether oxygens (including phenoxy) is 2. The summed E-state index contributed by atoms with van der Waals surface area (Å²) in [5.41, 5.74) is 0.765. The summed E-state index contributed by atoms with van der Waals surface area (Å²) < 4.78 is 11.9. The molecule has 0 atom stereocenters. The van der Waals surface area contributed by atoms with Crippen LogP contribution in [0.1, 0.15) is 6.92 Å². The predicted molar refractivity (Wildman–Crippen MR) is 108 cm³/mol. The van der Waals surface area contributed by atoms with E-state index in [0.29, 0.717) is 39.9 Å². The Kier molecular flexibility index (Phi) is 6.15. The Labute approximate surface area is 165 Å². The number of nitrogens with zero attached hydrogens (tertiary/aromatic N) is 3. The molecular weight excluding hydrogens is 380 g/mol. The maximum atomic E-state index is 12.6. The fourth-order valence-electron chi connectivity index (χ4n) is 2.63. The number of carbonyl (C=O) groups is 1. The predicted octanol–water partition coefficient (Wildman–Crippen LogP) is 2.56. The number of pyridine rings is 1. The van der Waals surface area contributed by atoms with Gasteiger partial charge in [0, 0.05) is 36.6 Å². The minimum absolute atomic E-state index is 0.0876. The van der Waals surface area contributed by atoms with Crippen molar-refractivity contribution in [2.75, 3.05) is 25.3 Å². The lowest BCUT2D eigenvalue weighted by Gasteiger charge is -2.12. The molecule has 0 bridgehead atoms. The number of thioether (sulfide) groups is 1. The highest BCUT2D eigenvalue weighted by atomic mass is 32.2. The molecule has 0 saturated heterocycles. The lowest BCUT2D eigenvalue weighted by molar-refractivity contribution is -0.113. The highest BCUT2D eigenvalue weighted by Crippen LogP contribution is 2.26. The van der Waals surface area contributed by atoms with Crippen LogP contribution in [0.25, 0.3) is 11.0 Å². The highest BCUT2D eigenvalue weighted by molar-refractivity contribution is 7.99. The number of hydrogen-bond acceptors (Lipinski definition) is 7. The molecule has 0 fully saturated rings. The summed E-state index contributed by atoms with van der Waals surface area (Å²) in [7, 11) is 3.08. The van der Waals surface area contributed by atoms with E-state index in [1.807, 2.05) is 6.92 Å². The van der Waals surface area contributed by atoms with E-state index in [0.717, 1.165) is 0 Å². The van der Waals surface area contributed by atoms with Crippen molar-refractivity contribution in [2.45, 2.75) is 18.6 Å². The lowest BCUT2D eigenvalue weighted by atomic mass is 10.2. The fraction of sp³-hybridized carbons (Fsp3) is 0.263. The Morgan fingerprint density at radius 2 is 1.93 bits per heavy atom. The van der Waals surface area contributed by atoms with Crippen LogP contribution in [0.5, 0.6) is 11.5 Å². The SMILES string of the molecule is CCn1c(SCC(=O)Nc2cc(OC)cc(OC)c2)nc2ncccc2c1=O. The van der Waals surface area contributed by atoms with Crippen LogP contribution in [0.3, 0.4) is 0 Å². The molecule has 8 nitrogen and oxygen atoms in total. The first-order valence-corrected chi connectivity index (χ1v) is 9.55. The molecule has 28 heavy (non-hydrogen) atoms. The van der Waals surface area contributed by atoms with E-state index < -0.39 is 0 Å². The average molecular weight is 400 g/mol. The van der Waals surface area contributed by atoms with Crippen LogP contribution >= 0.6 is 11.8 Å². The van der Waals surface area contributed by atoms with Crippen molar-refractivity contribution in [1.29, 1.82) is 0 Å². The molecule has 0 saturated carbocycles. The van der Waals surface area contributed by atoms with Gasteiger partial charge in [-0.05, 0) is 19.1 Å². The van der Waals surface area contributed by atoms with Crippen LogP contribution in [-0.4, -0.2) is 40.4 Å². The zero-order chi connectivity index (χ0) is 20.1. The summed E-state index contributed by atoms with van der Waals surface area (Å²) in [6.45, 7) is 2.31. The van der Waals surface area contributed by atoms with Gasteiger partial charge in [0.15, 0.2) is 10.8 Å². The molecule has 2 heterocycles. The van der Waals surface area contributed by atoms with E-state index >= 15 is 0 Å². The molecule has 0 radical (unpaired) electrons. The number of hydrogen-bond donors (Lipinski definition) is 1. The summed E-state index contributed by atoms with van der Waals surface area (Å²) in [5, 5.41) is 3.72. The van der Waals surface area contributed by atoms with E-state index in [1.165, 1.54) is 16.3 Å². The minimum Gasteiger partial charge on any atom is -0.497 e. The first-order chi connectivity index (χ1) is 13.5. The Bertz CT molecular complexity index is 1050. The van der Waals surface area contributed by atoms with Crippen molar-refractivity contribution in [3.05, 3.63) is 46.9 Å². The number of methoxy groups -OCH3 is 2. The summed E-state index contributed by atoms with van der Waals surface area (Å²) in [6.07, 6.45) is 1.59. The second kappa shape index (κ2) is 8.75. The van der Waals surface area contributed by atoms with Crippen LogP contribution in [-0.2, 0) is 11.3 Å². The Hall–Kier alpha value is -3.07. The van der Waals surface area contributed by atoms with E-state index in [1.54, 1.807) is 50.7 Å². The number of fused-ring (bicyclic) bond motifs is 1. The largest absolute Gasteiger partial charge is 0.497 e. The highest BCUT2D eigenvalue weighted by Gasteiger charge is 2.13. The third-order valence-electron chi connectivity index (χ3n) is 3.98. The molecule has 1 aromatic carbocycles. The number of benzene rings is 1. The Balaban J connectivity index is 1.77. The van der Waals surface area contributed by atoms with Gasteiger partial charge in [-0.25, -0.2) is 9.97 Å². The van der Waals surface area contributed by atoms with Crippen LogP contribution < -0.4 is 20.3 Å². The molecular formula is C19H20N4O4S. The summed E-state index contributed by atoms with van der Waals surface area (Å²) in [6, 6.07) is 8.52. The minimum atomic E-state index is -0.238. The van der Waals surface area contributed by atoms with Crippen molar-refractivity contribution in [1.82, 2.24) is 14.5 Å². The van der Waals surface area contributed by atoms with Crippen LogP contribution in [0.15, 0.2) is 46.5 Å². The molecule has 9 heteroatoms. The van der Waals surface area contributed by atoms with Crippen LogP contribution in [0.2, 0.25) is 0 Å². The molecule has 2 aromatic heterocycles. The zero-order valence-corrected chi connectivity index (χ0v) is 16.6. The number of carbonyl (C=O) groups excluding carboxylic acids is 1. The average Bonchev–Trinajstić information content (AvgIpc) is 2.72. The van der Waals surface area contributed by atoms with Gasteiger partial charge in [0.05, 0.1) is 25.4 Å². The first kappa shape index (κ1) is 19.7. The monoisotopic (exact) mass is 400 g/mol. The molecule has 1 N–H and O–H groups in total. The number of anilines is 1. The van der Waals surface area contributed by atoms with Crippen molar-refractivity contribution in [2.24, 2.45) is 0 Å². The van der Waals surface area contributed by atoms with E-state index in [2.05, 4.69) is 15.3 Å². The molecule has 0 aliphatic rings. The second-order valence-corrected chi connectivity index (χ2v) is 6.70. The molecule has 3 rings (SSSR count). The number of amides is 1. The maximum absolute atomic E-state index is 12.6. The summed E-state index contributed by atoms with van der Waals surface area (Å²) >= 11 is 1.19. The molecule has 3 aromatic rings. The number of aromatic nitrogens is 3. The molecule has 1 amide bonds. The molecule has 0 spiro atoms. The van der Waals surface area contributed by atoms with Gasteiger partial charge in [-0.1, -0.05) is 11.8 Å². The summed E-state index contributed by atoms with van der Waals surface area (Å²) in [4.78, 5) is 33.6. The third-order valence-corrected chi connectivity index (χ3v) is 4.95. The van der Waals surface area contributed by atoms with Crippen molar-refractivity contribution >= 4 is 34.4 Å². The van der Waals surface area contributed by atoms with Gasteiger partial charge in [-0.2, -0.15) is 0 Å². The topological polar surface area (TPSA) is 95.3 Å². The van der Waals surface area contributed by atoms with Gasteiger partial charge < -0.3 is 14.8 Å². The van der Waals surface area contributed by atoms with Gasteiger partial charge in [-0.3, -0.25) is 14.2 Å². The third kappa shape index (κ3) is 4.25. The maximum Gasteiger partial charge on any atom is 0.263 e. The van der Waals surface area contributed by atoms with E-state index in [4.69, 9.17) is 9.47 Å². The molecule has 146 valence electrons. The lowest BCUT2D eigenvalue weighted by Crippen LogP contribution is -2.23. The van der Waals surface area contributed by atoms with Crippen LogP contribution in [0, 0.1) is 0 Å². The van der Waals surface area contributed by atoms with Crippen molar-refractivity contribution in [3.63, 3.8) is 0 Å². The Morgan fingerprint density at radius 3 is 2.57 bits per heavy atom. The van der Waals surface area contributed by atoms with Gasteiger partial charge in [0.2, 0.25) is 5.91 Å². The van der Waals surface area contributed by atoms with Crippen molar-refractivity contribution < 1.29 is 14.3 Å². The smallest absolute Gasteiger partial charge is 0.263 e. The normalized spacial score (nSPS) is 10.7. The van der Waals surface area contributed by atoms with E-state index in [-0.39, 0.29) is 17.2 Å².